The first-order valence-electron chi connectivity index (χ1n) is 18.5. The summed E-state index contributed by atoms with van der Waals surface area (Å²) in [5.41, 5.74) is -2.19. The van der Waals surface area contributed by atoms with Crippen molar-refractivity contribution in [1.29, 1.82) is 0 Å². The molecule has 1 N–H and O–H groups in total. The highest BCUT2D eigenvalue weighted by Crippen LogP contribution is 2.65. The summed E-state index contributed by atoms with van der Waals surface area (Å²) >= 11 is 0. The maximum atomic E-state index is 14.3. The van der Waals surface area contributed by atoms with Gasteiger partial charge in [0.05, 0.1) is 11.0 Å². The van der Waals surface area contributed by atoms with Crippen LogP contribution in [0.15, 0.2) is 54.3 Å². The van der Waals surface area contributed by atoms with E-state index in [1.165, 1.54) is 0 Å². The minimum absolute atomic E-state index is 0.107. The minimum Gasteiger partial charge on any atom is -0.477 e. The van der Waals surface area contributed by atoms with Crippen molar-refractivity contribution in [1.82, 2.24) is 4.90 Å². The van der Waals surface area contributed by atoms with Gasteiger partial charge in [0.25, 0.3) is 0 Å². The van der Waals surface area contributed by atoms with Crippen molar-refractivity contribution in [2.45, 2.75) is 133 Å². The van der Waals surface area contributed by atoms with E-state index in [9.17, 15) is 24.3 Å². The smallest absolute Gasteiger partial charge is 0.477 e. The molecule has 296 valence electrons. The Balaban J connectivity index is 1.21. The molecule has 14 heteroatoms. The highest BCUT2D eigenvalue weighted by atomic mass is 16.8. The number of benzene rings is 2. The van der Waals surface area contributed by atoms with Gasteiger partial charge in [0, 0.05) is 23.6 Å². The van der Waals surface area contributed by atoms with Crippen LogP contribution in [-0.4, -0.2) is 94.6 Å². The Morgan fingerprint density at radius 2 is 1.55 bits per heavy atom. The topological polar surface area (TPSA) is 166 Å². The van der Waals surface area contributed by atoms with E-state index in [4.69, 9.17) is 37.9 Å². The van der Waals surface area contributed by atoms with Gasteiger partial charge in [0.2, 0.25) is 6.10 Å². The van der Waals surface area contributed by atoms with Crippen LogP contribution in [0.5, 0.6) is 11.5 Å². The van der Waals surface area contributed by atoms with E-state index >= 15 is 0 Å². The predicted octanol–water partition coefficient (Wildman–Crippen LogP) is 4.97. The number of esters is 3. The van der Waals surface area contributed by atoms with Gasteiger partial charge in [0.15, 0.2) is 35.6 Å². The summed E-state index contributed by atoms with van der Waals surface area (Å²) in [5, 5.41) is 12.7. The molecule has 5 aliphatic rings. The van der Waals surface area contributed by atoms with Crippen LogP contribution in [0.25, 0.3) is 0 Å². The van der Waals surface area contributed by atoms with Gasteiger partial charge in [-0.1, -0.05) is 36.4 Å². The van der Waals surface area contributed by atoms with Crippen molar-refractivity contribution in [3.05, 3.63) is 71.0 Å². The molecule has 2 saturated heterocycles. The molecule has 0 radical (unpaired) electrons. The van der Waals surface area contributed by atoms with Crippen LogP contribution in [0.1, 0.15) is 91.0 Å². The Hall–Kier alpha value is -4.50. The van der Waals surface area contributed by atoms with Crippen LogP contribution in [-0.2, 0) is 54.6 Å². The standard InChI is InChI=1S/C41H49NO13/c1-37(2,3)54-35(45)31-30(52-39(7,8)53-31)34(44)51-28(22-13-11-10-12-14-22)33(43)48-25-17-18-41(47)26-21-23-15-16-24(49-36(46)55-38(4,5)6)29-27(23)40(41,32(25)50-29)19-20-42(26)9/h10-17,26,28,30-32,47H,18-21H2,1-9H3/t26-,28-,30+,31+,32-,40-,41+/m0/s1. The molecule has 2 aliphatic carbocycles. The zero-order valence-corrected chi connectivity index (χ0v) is 32.6. The lowest BCUT2D eigenvalue weighted by Crippen LogP contribution is -2.74. The van der Waals surface area contributed by atoms with Crippen LogP contribution in [0.2, 0.25) is 0 Å². The summed E-state index contributed by atoms with van der Waals surface area (Å²) in [6.07, 6.45) is -3.86. The van der Waals surface area contributed by atoms with E-state index < -0.39 is 76.5 Å². The number of hydrogen-bond donors (Lipinski definition) is 1. The maximum absolute atomic E-state index is 14.3. The molecular weight excluding hydrogens is 714 g/mol. The fraction of sp³-hybridized carbons (Fsp3) is 0.561. The lowest BCUT2D eigenvalue weighted by atomic mass is 9.50. The Morgan fingerprint density at radius 3 is 2.20 bits per heavy atom. The molecule has 2 aromatic carbocycles. The average Bonchev–Trinajstić information content (AvgIpc) is 3.61. The third kappa shape index (κ3) is 6.87. The summed E-state index contributed by atoms with van der Waals surface area (Å²) in [6, 6.07) is 11.5. The van der Waals surface area contributed by atoms with E-state index in [-0.39, 0.29) is 29.7 Å². The summed E-state index contributed by atoms with van der Waals surface area (Å²) in [7, 11) is 1.97. The molecule has 2 bridgehead atoms. The number of likely N-dealkylation sites (N-methyl/N-ethyl adjacent to an activating group) is 1. The lowest BCUT2D eigenvalue weighted by molar-refractivity contribution is -0.184. The quantitative estimate of drug-likeness (QED) is 0.228. The minimum atomic E-state index is -1.61. The van der Waals surface area contributed by atoms with Crippen LogP contribution in [0, 0.1) is 0 Å². The van der Waals surface area contributed by atoms with Crippen molar-refractivity contribution < 1.29 is 62.2 Å². The van der Waals surface area contributed by atoms with E-state index in [1.807, 2.05) is 13.1 Å². The van der Waals surface area contributed by atoms with Crippen molar-refractivity contribution in [2.75, 3.05) is 13.6 Å². The van der Waals surface area contributed by atoms with E-state index in [2.05, 4.69) is 4.90 Å². The number of rotatable bonds is 7. The summed E-state index contributed by atoms with van der Waals surface area (Å²) in [4.78, 5) is 56.3. The Morgan fingerprint density at radius 1 is 0.891 bits per heavy atom. The molecule has 0 amide bonds. The Labute approximate surface area is 319 Å². The van der Waals surface area contributed by atoms with Crippen molar-refractivity contribution in [3.63, 3.8) is 0 Å². The molecule has 0 unspecified atom stereocenters. The van der Waals surface area contributed by atoms with Gasteiger partial charge in [-0.15, -0.1) is 0 Å². The van der Waals surface area contributed by atoms with Crippen molar-refractivity contribution in [3.8, 4) is 11.5 Å². The second kappa shape index (κ2) is 13.3. The largest absolute Gasteiger partial charge is 0.514 e. The molecule has 14 nitrogen and oxygen atoms in total. The molecule has 2 aromatic rings. The molecule has 3 aliphatic heterocycles. The van der Waals surface area contributed by atoms with Crippen LogP contribution < -0.4 is 9.47 Å². The third-order valence-electron chi connectivity index (χ3n) is 10.7. The highest BCUT2D eigenvalue weighted by molar-refractivity contribution is 5.88. The van der Waals surface area contributed by atoms with E-state index in [0.717, 1.165) is 5.56 Å². The normalized spacial score (nSPS) is 29.5. The van der Waals surface area contributed by atoms with Crippen LogP contribution in [0.3, 0.4) is 0 Å². The fourth-order valence-corrected chi connectivity index (χ4v) is 8.57. The second-order valence-corrected chi connectivity index (χ2v) is 17.3. The summed E-state index contributed by atoms with van der Waals surface area (Å²) < 4.78 is 46.9. The van der Waals surface area contributed by atoms with Gasteiger partial charge in [-0.25, -0.2) is 19.2 Å². The van der Waals surface area contributed by atoms with Gasteiger partial charge in [-0.05, 0) is 99.5 Å². The first-order valence-corrected chi connectivity index (χ1v) is 18.5. The van der Waals surface area contributed by atoms with E-state index in [1.54, 1.807) is 97.9 Å². The number of carbonyl (C=O) groups excluding carboxylic acids is 4. The van der Waals surface area contributed by atoms with Gasteiger partial charge in [-0.2, -0.15) is 0 Å². The zero-order valence-electron chi connectivity index (χ0n) is 32.6. The zero-order chi connectivity index (χ0) is 39.9. The third-order valence-corrected chi connectivity index (χ3v) is 10.7. The fourth-order valence-electron chi connectivity index (χ4n) is 8.57. The van der Waals surface area contributed by atoms with Crippen molar-refractivity contribution >= 4 is 24.1 Å². The maximum Gasteiger partial charge on any atom is 0.514 e. The van der Waals surface area contributed by atoms with Crippen LogP contribution >= 0.6 is 0 Å². The van der Waals surface area contributed by atoms with Gasteiger partial charge in [0.1, 0.15) is 17.0 Å². The number of piperidine rings is 1. The number of carbonyl (C=O) groups is 4. The lowest BCUT2D eigenvalue weighted by Gasteiger charge is -2.61. The Bertz CT molecular complexity index is 1930. The average molecular weight is 764 g/mol. The van der Waals surface area contributed by atoms with Gasteiger partial charge >= 0.3 is 24.1 Å². The first-order chi connectivity index (χ1) is 25.6. The molecule has 0 aromatic heterocycles. The number of nitrogens with zero attached hydrogens (tertiary/aromatic N) is 1. The summed E-state index contributed by atoms with van der Waals surface area (Å²) in [6.45, 7) is 13.9. The highest BCUT2D eigenvalue weighted by Gasteiger charge is 2.72. The molecular formula is C41H49NO13. The predicted molar refractivity (Wildman–Crippen MR) is 193 cm³/mol. The van der Waals surface area contributed by atoms with Crippen LogP contribution in [0.4, 0.5) is 4.79 Å². The second-order valence-electron chi connectivity index (χ2n) is 17.3. The number of ether oxygens (including phenoxy) is 8. The van der Waals surface area contributed by atoms with Gasteiger partial charge < -0.3 is 47.9 Å². The molecule has 2 fully saturated rings. The first kappa shape index (κ1) is 38.8. The summed E-state index contributed by atoms with van der Waals surface area (Å²) in [5.74, 6) is -3.68. The molecule has 3 heterocycles. The molecule has 7 atom stereocenters. The number of likely N-dealkylation sites (tertiary alicyclic amines) is 1. The van der Waals surface area contributed by atoms with Gasteiger partial charge in [-0.3, -0.25) is 0 Å². The molecule has 0 saturated carbocycles. The number of hydrogen-bond acceptors (Lipinski definition) is 14. The van der Waals surface area contributed by atoms with Crippen molar-refractivity contribution in [2.24, 2.45) is 0 Å². The monoisotopic (exact) mass is 763 g/mol. The number of aliphatic hydroxyl groups is 1. The molecule has 1 spiro atoms. The SMILES string of the molecule is CN1CC[C@]23c4c5ccc(OC(=O)OC(C)(C)C)c4O[C@H]2C(OC(=O)[C@@H](OC(=O)[C@@H]2OC(C)(C)O[C@H]2C(=O)OC(C)(C)C)c2ccccc2)=CC[C@@]3(O)[C@@H]1C5. The van der Waals surface area contributed by atoms with E-state index in [0.29, 0.717) is 30.5 Å². The Kier molecular flexibility index (Phi) is 9.39. The molecule has 55 heavy (non-hydrogen) atoms. The molecule has 7 rings (SSSR count).